The summed E-state index contributed by atoms with van der Waals surface area (Å²) in [5, 5.41) is 18.6. The summed E-state index contributed by atoms with van der Waals surface area (Å²) >= 11 is 0. The minimum atomic E-state index is -0.523. The van der Waals surface area contributed by atoms with Gasteiger partial charge in [0.1, 0.15) is 5.69 Å². The van der Waals surface area contributed by atoms with Gasteiger partial charge in [0.05, 0.1) is 16.8 Å². The predicted octanol–water partition coefficient (Wildman–Crippen LogP) is 3.08. The number of hydrogen-bond acceptors (Lipinski definition) is 6. The van der Waals surface area contributed by atoms with Crippen molar-refractivity contribution in [3.05, 3.63) is 64.5 Å². The third-order valence-electron chi connectivity index (χ3n) is 3.89. The quantitative estimate of drug-likeness (QED) is 0.414. The van der Waals surface area contributed by atoms with Crippen LogP contribution >= 0.6 is 0 Å². The number of rotatable bonds is 6. The summed E-state index contributed by atoms with van der Waals surface area (Å²) in [6, 6.07) is 4.49. The van der Waals surface area contributed by atoms with Crippen LogP contribution in [-0.2, 0) is 7.05 Å². The number of nitrogens with zero attached hydrogens (tertiary/aromatic N) is 5. The number of anilines is 2. The second-order valence-electron chi connectivity index (χ2n) is 6.11. The number of ketones is 1. The van der Waals surface area contributed by atoms with E-state index in [-0.39, 0.29) is 34.6 Å². The van der Waals surface area contributed by atoms with E-state index in [4.69, 9.17) is 0 Å². The van der Waals surface area contributed by atoms with Gasteiger partial charge in [0.25, 0.3) is 5.69 Å². The van der Waals surface area contributed by atoms with Gasteiger partial charge in [-0.1, -0.05) is 0 Å². The predicted molar refractivity (Wildman–Crippen MR) is 95.6 cm³/mol. The maximum absolute atomic E-state index is 12.5. The van der Waals surface area contributed by atoms with Gasteiger partial charge in [-0.3, -0.25) is 19.6 Å². The summed E-state index contributed by atoms with van der Waals surface area (Å²) in [4.78, 5) is 27.4. The third kappa shape index (κ3) is 3.32. The van der Waals surface area contributed by atoms with Crippen LogP contribution in [-0.4, -0.2) is 30.0 Å². The number of imidazole rings is 1. The number of carbonyl (C=O) groups excluding carboxylic acids is 1. The topological polar surface area (TPSA) is 108 Å². The van der Waals surface area contributed by atoms with E-state index in [2.05, 4.69) is 15.4 Å². The van der Waals surface area contributed by atoms with Gasteiger partial charge in [-0.2, -0.15) is 5.10 Å². The molecule has 0 radical (unpaired) electrons. The standard InChI is InChI=1S/C17H18N6O3/c1-11(2)22-10-13(9-19-22)20-14-5-4-12(8-15(14)23(25)26)16(24)17-18-6-7-21(17)3/h4-11,20H,1-3H3. The van der Waals surface area contributed by atoms with E-state index in [0.29, 0.717) is 5.69 Å². The zero-order valence-corrected chi connectivity index (χ0v) is 14.6. The van der Waals surface area contributed by atoms with Gasteiger partial charge in [-0.05, 0) is 26.0 Å². The number of carbonyl (C=O) groups is 1. The highest BCUT2D eigenvalue weighted by Crippen LogP contribution is 2.29. The highest BCUT2D eigenvalue weighted by atomic mass is 16.6. The number of nitrogens with one attached hydrogen (secondary N) is 1. The Morgan fingerprint density at radius 1 is 1.35 bits per heavy atom. The van der Waals surface area contributed by atoms with Gasteiger partial charge >= 0.3 is 0 Å². The van der Waals surface area contributed by atoms with Crippen LogP contribution in [0.15, 0.2) is 43.0 Å². The second kappa shape index (κ2) is 6.79. The largest absolute Gasteiger partial charge is 0.347 e. The van der Waals surface area contributed by atoms with Gasteiger partial charge in [-0.15, -0.1) is 0 Å². The smallest absolute Gasteiger partial charge is 0.293 e. The summed E-state index contributed by atoms with van der Waals surface area (Å²) in [7, 11) is 1.69. The van der Waals surface area contributed by atoms with Crippen molar-refractivity contribution in [1.29, 1.82) is 0 Å². The molecule has 3 aromatic rings. The Morgan fingerprint density at radius 3 is 2.69 bits per heavy atom. The number of aromatic nitrogens is 4. The molecule has 134 valence electrons. The second-order valence-corrected chi connectivity index (χ2v) is 6.11. The van der Waals surface area contributed by atoms with E-state index in [9.17, 15) is 14.9 Å². The van der Waals surface area contributed by atoms with Crippen molar-refractivity contribution < 1.29 is 9.72 Å². The lowest BCUT2D eigenvalue weighted by Crippen LogP contribution is -2.09. The number of hydrogen-bond donors (Lipinski definition) is 1. The van der Waals surface area contributed by atoms with E-state index in [0.717, 1.165) is 0 Å². The van der Waals surface area contributed by atoms with E-state index >= 15 is 0 Å². The molecule has 0 aliphatic rings. The van der Waals surface area contributed by atoms with Crippen LogP contribution in [0, 0.1) is 10.1 Å². The highest BCUT2D eigenvalue weighted by molar-refractivity contribution is 6.07. The molecule has 9 heteroatoms. The zero-order valence-electron chi connectivity index (χ0n) is 14.6. The monoisotopic (exact) mass is 354 g/mol. The molecule has 0 amide bonds. The summed E-state index contributed by atoms with van der Waals surface area (Å²) in [6.45, 7) is 3.97. The fourth-order valence-electron chi connectivity index (χ4n) is 2.48. The average Bonchev–Trinajstić information content (AvgIpc) is 3.23. The number of nitro benzene ring substituents is 1. The normalized spacial score (nSPS) is 10.9. The molecule has 0 aliphatic heterocycles. The van der Waals surface area contributed by atoms with Crippen molar-refractivity contribution in [2.24, 2.45) is 7.05 Å². The summed E-state index contributed by atoms with van der Waals surface area (Å²) < 4.78 is 3.31. The van der Waals surface area contributed by atoms with Crippen molar-refractivity contribution in [3.8, 4) is 0 Å². The molecular formula is C17H18N6O3. The Bertz CT molecular complexity index is 973. The van der Waals surface area contributed by atoms with Crippen LogP contribution in [0.1, 0.15) is 36.1 Å². The lowest BCUT2D eigenvalue weighted by atomic mass is 10.1. The first-order valence-electron chi connectivity index (χ1n) is 7.98. The molecule has 0 saturated heterocycles. The molecular weight excluding hydrogens is 336 g/mol. The van der Waals surface area contributed by atoms with E-state index < -0.39 is 4.92 Å². The molecule has 1 N–H and O–H groups in total. The zero-order chi connectivity index (χ0) is 18.8. The fraction of sp³-hybridized carbons (Fsp3) is 0.235. The Labute approximate surface area is 149 Å². The molecule has 3 rings (SSSR count). The first kappa shape index (κ1) is 17.3. The van der Waals surface area contributed by atoms with Crippen LogP contribution < -0.4 is 5.32 Å². The molecule has 0 unspecified atom stereocenters. The molecule has 0 saturated carbocycles. The van der Waals surface area contributed by atoms with Crippen LogP contribution in [0.2, 0.25) is 0 Å². The molecule has 9 nitrogen and oxygen atoms in total. The lowest BCUT2D eigenvalue weighted by molar-refractivity contribution is -0.383. The van der Waals surface area contributed by atoms with Gasteiger partial charge in [0.2, 0.25) is 5.78 Å². The van der Waals surface area contributed by atoms with Crippen LogP contribution in [0.25, 0.3) is 0 Å². The summed E-state index contributed by atoms with van der Waals surface area (Å²) in [5.41, 5.74) is 0.927. The Kier molecular flexibility index (Phi) is 4.53. The van der Waals surface area contributed by atoms with Gasteiger partial charge in [-0.25, -0.2) is 4.98 Å². The third-order valence-corrected chi connectivity index (χ3v) is 3.89. The highest BCUT2D eigenvalue weighted by Gasteiger charge is 2.21. The average molecular weight is 354 g/mol. The van der Waals surface area contributed by atoms with Crippen LogP contribution in [0.3, 0.4) is 0 Å². The SMILES string of the molecule is CC(C)n1cc(Nc2ccc(C(=O)c3nccn3C)cc2[N+](=O)[O-])cn1. The minimum Gasteiger partial charge on any atom is -0.347 e. The molecule has 0 bridgehead atoms. The molecule has 2 heterocycles. The Hall–Kier alpha value is -3.49. The number of nitro groups is 1. The van der Waals surface area contributed by atoms with Crippen molar-refractivity contribution in [3.63, 3.8) is 0 Å². The Morgan fingerprint density at radius 2 is 2.12 bits per heavy atom. The van der Waals surface area contributed by atoms with Crippen molar-refractivity contribution in [2.45, 2.75) is 19.9 Å². The first-order valence-corrected chi connectivity index (χ1v) is 7.98. The van der Waals surface area contributed by atoms with Crippen molar-refractivity contribution in [1.82, 2.24) is 19.3 Å². The van der Waals surface area contributed by atoms with Crippen LogP contribution in [0.4, 0.5) is 17.1 Å². The fourth-order valence-corrected chi connectivity index (χ4v) is 2.48. The summed E-state index contributed by atoms with van der Waals surface area (Å²) in [6.07, 6.45) is 6.51. The first-order chi connectivity index (χ1) is 12.4. The lowest BCUT2D eigenvalue weighted by Gasteiger charge is -2.07. The maximum Gasteiger partial charge on any atom is 0.293 e. The van der Waals surface area contributed by atoms with Crippen molar-refractivity contribution >= 4 is 22.8 Å². The number of aryl methyl sites for hydroxylation is 1. The maximum atomic E-state index is 12.5. The molecule has 2 aromatic heterocycles. The van der Waals surface area contributed by atoms with Gasteiger partial charge in [0.15, 0.2) is 5.82 Å². The number of benzene rings is 1. The molecule has 1 aromatic carbocycles. The van der Waals surface area contributed by atoms with Gasteiger partial charge < -0.3 is 9.88 Å². The van der Waals surface area contributed by atoms with E-state index in [1.807, 2.05) is 13.8 Å². The summed E-state index contributed by atoms with van der Waals surface area (Å²) in [5.74, 6) is -0.155. The van der Waals surface area contributed by atoms with E-state index in [1.54, 1.807) is 41.0 Å². The molecule has 0 spiro atoms. The molecule has 26 heavy (non-hydrogen) atoms. The van der Waals surface area contributed by atoms with Crippen LogP contribution in [0.5, 0.6) is 0 Å². The van der Waals surface area contributed by atoms with Gasteiger partial charge in [0, 0.05) is 43.3 Å². The van der Waals surface area contributed by atoms with E-state index in [1.165, 1.54) is 18.3 Å². The Balaban J connectivity index is 1.93. The minimum absolute atomic E-state index is 0.179. The molecule has 0 fully saturated rings. The molecule has 0 atom stereocenters. The molecule has 0 aliphatic carbocycles. The van der Waals surface area contributed by atoms with Crippen molar-refractivity contribution in [2.75, 3.05) is 5.32 Å².